The summed E-state index contributed by atoms with van der Waals surface area (Å²) in [5.74, 6) is -2.40. The maximum absolute atomic E-state index is 12.6. The van der Waals surface area contributed by atoms with E-state index < -0.39 is 51.1 Å². The van der Waals surface area contributed by atoms with Gasteiger partial charge in [0.2, 0.25) is 0 Å². The molecule has 3 atom stereocenters. The number of allylic oxidation sites excluding steroid dienone is 6. The minimum atomic E-state index is -4.72. The second kappa shape index (κ2) is 39.5. The fourth-order valence-electron chi connectivity index (χ4n) is 5.85. The van der Waals surface area contributed by atoms with Gasteiger partial charge in [0.15, 0.2) is 6.10 Å². The number of esters is 2. The van der Waals surface area contributed by atoms with E-state index in [0.29, 0.717) is 12.8 Å². The van der Waals surface area contributed by atoms with E-state index in [1.807, 2.05) is 0 Å². The van der Waals surface area contributed by atoms with Gasteiger partial charge in [-0.1, -0.05) is 147 Å². The number of hydrogen-bond acceptors (Lipinski definition) is 9. The predicted molar refractivity (Wildman–Crippen MR) is 226 cm³/mol. The van der Waals surface area contributed by atoms with Crippen molar-refractivity contribution in [2.24, 2.45) is 5.73 Å². The summed E-state index contributed by atoms with van der Waals surface area (Å²) < 4.78 is 32.7. The second-order valence-corrected chi connectivity index (χ2v) is 16.3. The molecule has 4 N–H and O–H groups in total. The Balaban J connectivity index is 4.37. The number of carboxylic acid groups (broad SMARTS) is 1. The molecule has 0 aromatic carbocycles. The highest BCUT2D eigenvalue weighted by molar-refractivity contribution is 7.47. The van der Waals surface area contributed by atoms with Gasteiger partial charge in [-0.05, 0) is 70.6 Å². The Morgan fingerprint density at radius 2 is 0.946 bits per heavy atom. The van der Waals surface area contributed by atoms with Crippen LogP contribution in [0.15, 0.2) is 36.5 Å². The molecule has 1 unspecified atom stereocenters. The first-order valence-corrected chi connectivity index (χ1v) is 23.5. The monoisotopic (exact) mass is 814 g/mol. The number of rotatable bonds is 41. The van der Waals surface area contributed by atoms with Crippen LogP contribution in [-0.4, -0.2) is 59.9 Å². The van der Waals surface area contributed by atoms with E-state index >= 15 is 0 Å². The molecule has 56 heavy (non-hydrogen) atoms. The van der Waals surface area contributed by atoms with Crippen molar-refractivity contribution in [3.8, 4) is 0 Å². The molecule has 0 radical (unpaired) electrons. The number of carboxylic acids is 1. The van der Waals surface area contributed by atoms with Gasteiger partial charge >= 0.3 is 25.7 Å². The molecule has 11 nitrogen and oxygen atoms in total. The molecular formula is C44H80NO10P. The molecular weight excluding hydrogens is 733 g/mol. The smallest absolute Gasteiger partial charge is 0.472 e. The van der Waals surface area contributed by atoms with Crippen LogP contribution < -0.4 is 5.73 Å². The number of phosphoric acid groups is 1. The number of unbranched alkanes of at least 4 members (excludes halogenated alkanes) is 21. The third kappa shape index (κ3) is 38.6. The molecule has 0 saturated carbocycles. The van der Waals surface area contributed by atoms with E-state index in [9.17, 15) is 23.8 Å². The maximum atomic E-state index is 12.6. The van der Waals surface area contributed by atoms with Crippen molar-refractivity contribution in [2.75, 3.05) is 19.8 Å². The van der Waals surface area contributed by atoms with Crippen LogP contribution in [0.2, 0.25) is 0 Å². The molecule has 0 heterocycles. The molecule has 0 aromatic rings. The number of nitrogens with two attached hydrogens (primary N) is 1. The van der Waals surface area contributed by atoms with E-state index in [0.717, 1.165) is 70.6 Å². The Hall–Kier alpha value is -2.30. The SMILES string of the molecule is CCCCC/C=C/C/C=C/CCCCCCCC(=O)O[C@H](COC(=O)CCCCCCCCC/C=C/CCCCCCCC)COP(=O)(O)OC[C@H](N)C(=O)O. The first-order chi connectivity index (χ1) is 27.1. The molecule has 12 heteroatoms. The summed E-state index contributed by atoms with van der Waals surface area (Å²) in [5, 5.41) is 8.89. The Bertz CT molecular complexity index is 1100. The van der Waals surface area contributed by atoms with Crippen molar-refractivity contribution in [1.82, 2.24) is 0 Å². The molecule has 0 aliphatic heterocycles. The van der Waals surface area contributed by atoms with Gasteiger partial charge in [-0.3, -0.25) is 23.4 Å². The molecule has 0 aromatic heterocycles. The van der Waals surface area contributed by atoms with Gasteiger partial charge < -0.3 is 25.2 Å². The Morgan fingerprint density at radius 3 is 1.45 bits per heavy atom. The zero-order chi connectivity index (χ0) is 41.4. The highest BCUT2D eigenvalue weighted by atomic mass is 31.2. The number of phosphoric ester groups is 1. The Labute approximate surface area is 340 Å². The lowest BCUT2D eigenvalue weighted by Crippen LogP contribution is -2.34. The second-order valence-electron chi connectivity index (χ2n) is 14.8. The van der Waals surface area contributed by atoms with Gasteiger partial charge in [0, 0.05) is 12.8 Å². The Kier molecular flexibility index (Phi) is 37.9. The van der Waals surface area contributed by atoms with Crippen molar-refractivity contribution >= 4 is 25.7 Å². The van der Waals surface area contributed by atoms with Crippen molar-refractivity contribution in [3.05, 3.63) is 36.5 Å². The summed E-state index contributed by atoms with van der Waals surface area (Å²) in [5.41, 5.74) is 5.33. The normalized spacial score (nSPS) is 14.1. The van der Waals surface area contributed by atoms with E-state index in [4.69, 9.17) is 24.8 Å². The molecule has 0 spiro atoms. The van der Waals surface area contributed by atoms with Crippen molar-refractivity contribution in [3.63, 3.8) is 0 Å². The first-order valence-electron chi connectivity index (χ1n) is 22.0. The fraction of sp³-hybridized carbons (Fsp3) is 0.795. The number of aliphatic carboxylic acids is 1. The molecule has 0 fully saturated rings. The standard InChI is InChI=1S/C44H80NO10P/c1-3-5-7-9-11-13-15-17-19-20-22-23-25-27-29-31-33-35-42(46)52-37-40(38-53-56(50,51)54-39-41(45)44(48)49)55-43(47)36-34-32-30-28-26-24-21-18-16-14-12-10-8-6-4-2/h12,14,17-19,21,40-41H,3-11,13,15-16,20,22-39,45H2,1-2H3,(H,48,49)(H,50,51)/b14-12+,19-17+,21-18+/t40-,41+/m1/s1. The molecule has 0 bridgehead atoms. The van der Waals surface area contributed by atoms with Crippen LogP contribution in [0.3, 0.4) is 0 Å². The predicted octanol–water partition coefficient (Wildman–Crippen LogP) is 11.6. The van der Waals surface area contributed by atoms with Gasteiger partial charge in [-0.25, -0.2) is 4.57 Å². The van der Waals surface area contributed by atoms with Crippen molar-refractivity contribution in [2.45, 2.75) is 206 Å². The summed E-state index contributed by atoms with van der Waals surface area (Å²) in [6.45, 7) is 2.76. The lowest BCUT2D eigenvalue weighted by Gasteiger charge is -2.20. The molecule has 0 rings (SSSR count). The first kappa shape index (κ1) is 53.7. The lowest BCUT2D eigenvalue weighted by atomic mass is 10.1. The van der Waals surface area contributed by atoms with Crippen LogP contribution >= 0.6 is 7.82 Å². The number of carbonyl (C=O) groups excluding carboxylic acids is 2. The van der Waals surface area contributed by atoms with Crippen LogP contribution in [0.4, 0.5) is 0 Å². The highest BCUT2D eigenvalue weighted by Gasteiger charge is 2.28. The molecule has 0 amide bonds. The summed E-state index contributed by atoms with van der Waals surface area (Å²) >= 11 is 0. The van der Waals surface area contributed by atoms with Crippen LogP contribution in [-0.2, 0) is 37.5 Å². The molecule has 0 aliphatic carbocycles. The van der Waals surface area contributed by atoms with E-state index in [1.54, 1.807) is 0 Å². The van der Waals surface area contributed by atoms with Gasteiger partial charge in [-0.15, -0.1) is 0 Å². The van der Waals surface area contributed by atoms with Crippen LogP contribution in [0.5, 0.6) is 0 Å². The summed E-state index contributed by atoms with van der Waals surface area (Å²) in [6, 6.07) is -1.52. The van der Waals surface area contributed by atoms with Crippen molar-refractivity contribution < 1.29 is 47.5 Å². The highest BCUT2D eigenvalue weighted by Crippen LogP contribution is 2.43. The van der Waals surface area contributed by atoms with E-state index in [1.165, 1.54) is 83.5 Å². The zero-order valence-electron chi connectivity index (χ0n) is 35.2. The maximum Gasteiger partial charge on any atom is 0.472 e. The molecule has 326 valence electrons. The fourth-order valence-corrected chi connectivity index (χ4v) is 6.63. The van der Waals surface area contributed by atoms with Crippen molar-refractivity contribution in [1.29, 1.82) is 0 Å². The Morgan fingerprint density at radius 1 is 0.554 bits per heavy atom. The number of hydrogen-bond donors (Lipinski definition) is 3. The average Bonchev–Trinajstić information content (AvgIpc) is 3.17. The largest absolute Gasteiger partial charge is 0.480 e. The van der Waals surface area contributed by atoms with Crippen LogP contribution in [0.1, 0.15) is 194 Å². The van der Waals surface area contributed by atoms with Gasteiger partial charge in [0.1, 0.15) is 12.6 Å². The third-order valence-corrected chi connectivity index (χ3v) is 10.3. The summed E-state index contributed by atoms with van der Waals surface area (Å²) in [6.07, 6.45) is 42.0. The van der Waals surface area contributed by atoms with E-state index in [-0.39, 0.29) is 19.4 Å². The lowest BCUT2D eigenvalue weighted by molar-refractivity contribution is -0.161. The minimum Gasteiger partial charge on any atom is -0.480 e. The third-order valence-electron chi connectivity index (χ3n) is 9.36. The van der Waals surface area contributed by atoms with Gasteiger partial charge in [-0.2, -0.15) is 0 Å². The minimum absolute atomic E-state index is 0.144. The average molecular weight is 814 g/mol. The van der Waals surface area contributed by atoms with Gasteiger partial charge in [0.05, 0.1) is 13.2 Å². The van der Waals surface area contributed by atoms with E-state index in [2.05, 4.69) is 54.8 Å². The summed E-state index contributed by atoms with van der Waals surface area (Å²) in [4.78, 5) is 45.9. The molecule has 0 aliphatic rings. The summed E-state index contributed by atoms with van der Waals surface area (Å²) in [7, 11) is -4.72. The number of ether oxygens (including phenoxy) is 2. The topological polar surface area (TPSA) is 172 Å². The van der Waals surface area contributed by atoms with Gasteiger partial charge in [0.25, 0.3) is 0 Å². The quantitative estimate of drug-likeness (QED) is 0.0232. The van der Waals surface area contributed by atoms with Crippen LogP contribution in [0, 0.1) is 0 Å². The molecule has 0 saturated heterocycles. The zero-order valence-corrected chi connectivity index (χ0v) is 36.1. The number of carbonyl (C=O) groups is 3. The van der Waals surface area contributed by atoms with Crippen LogP contribution in [0.25, 0.3) is 0 Å².